The lowest BCUT2D eigenvalue weighted by Crippen LogP contribution is -2.32. The number of rotatable bonds is 6. The highest BCUT2D eigenvalue weighted by Gasteiger charge is 2.37. The van der Waals surface area contributed by atoms with Gasteiger partial charge in [0, 0.05) is 38.0 Å². The number of carboxylic acids is 1. The second-order valence-electron chi connectivity index (χ2n) is 10.4. The second kappa shape index (κ2) is 12.5. The highest BCUT2D eigenvalue weighted by Crippen LogP contribution is 2.35. The molecule has 1 aliphatic rings. The predicted molar refractivity (Wildman–Crippen MR) is 151 cm³/mol. The zero-order valence-corrected chi connectivity index (χ0v) is 24.7. The van der Waals surface area contributed by atoms with E-state index < -0.39 is 33.9 Å². The molecule has 0 radical (unpaired) electrons. The molecule has 0 unspecified atom stereocenters. The van der Waals surface area contributed by atoms with Crippen molar-refractivity contribution in [3.63, 3.8) is 0 Å². The van der Waals surface area contributed by atoms with Crippen molar-refractivity contribution in [2.75, 3.05) is 26.4 Å². The molecule has 44 heavy (non-hydrogen) atoms. The van der Waals surface area contributed by atoms with Crippen LogP contribution in [0.3, 0.4) is 0 Å². The van der Waals surface area contributed by atoms with Crippen molar-refractivity contribution >= 4 is 21.6 Å². The molecule has 234 valence electrons. The smallest absolute Gasteiger partial charge is 0.452 e. The molecule has 4 heterocycles. The number of aromatic nitrogens is 4. The molecule has 15 heteroatoms. The highest BCUT2D eigenvalue weighted by molar-refractivity contribution is 7.89. The number of alkyl halides is 3. The fraction of sp³-hybridized carbons (Fsp3) is 0.379. The zero-order valence-electron chi connectivity index (χ0n) is 23.9. The number of halogens is 3. The summed E-state index contributed by atoms with van der Waals surface area (Å²) in [5, 5.41) is 16.8. The summed E-state index contributed by atoms with van der Waals surface area (Å²) >= 11 is 0. The van der Waals surface area contributed by atoms with Crippen LogP contribution in [0.2, 0.25) is 0 Å². The number of carboxylic acid groups (broad SMARTS) is 1. The van der Waals surface area contributed by atoms with Crippen LogP contribution in [-0.4, -0.2) is 69.7 Å². The van der Waals surface area contributed by atoms with Gasteiger partial charge in [0.25, 0.3) is 0 Å². The number of ether oxygens (including phenoxy) is 2. The minimum Gasteiger partial charge on any atom is -0.481 e. The Morgan fingerprint density at radius 2 is 1.91 bits per heavy atom. The lowest BCUT2D eigenvalue weighted by Gasteiger charge is -2.25. The summed E-state index contributed by atoms with van der Waals surface area (Å²) in [5.41, 5.74) is 2.73. The first-order valence-corrected chi connectivity index (χ1v) is 15.2. The standard InChI is InChI=1S/C29H30F3N5O6S/c1-18-6-7-20(23(16-25(38)39)22-8-11-37-26(19(22)2)34-35-28(37)29(30,31)32)15-21(18)17-36-10-4-12-42-13-14-43-27-24(44(36,40)41)5-3-9-33-27/h3,5-9,11,15,23H,4,10,12-14,16-17H2,1-2H3,(H,38,39)/t23-/m0/s1. The molecule has 0 amide bonds. The van der Waals surface area contributed by atoms with Crippen LogP contribution in [-0.2, 0) is 32.3 Å². The van der Waals surface area contributed by atoms with Gasteiger partial charge in [-0.15, -0.1) is 10.2 Å². The van der Waals surface area contributed by atoms with Crippen LogP contribution in [0.1, 0.15) is 52.4 Å². The predicted octanol–water partition coefficient (Wildman–Crippen LogP) is 4.36. The van der Waals surface area contributed by atoms with E-state index in [0.29, 0.717) is 35.3 Å². The van der Waals surface area contributed by atoms with Crippen LogP contribution in [0.15, 0.2) is 53.7 Å². The Kier molecular flexibility index (Phi) is 8.90. The molecule has 1 aliphatic heterocycles. The minimum absolute atomic E-state index is 0.0250. The van der Waals surface area contributed by atoms with Gasteiger partial charge in [0.05, 0.1) is 13.0 Å². The number of pyridine rings is 2. The normalized spacial score (nSPS) is 16.9. The highest BCUT2D eigenvalue weighted by atomic mass is 32.2. The van der Waals surface area contributed by atoms with E-state index in [1.54, 1.807) is 25.1 Å². The van der Waals surface area contributed by atoms with Gasteiger partial charge in [0.1, 0.15) is 11.5 Å². The lowest BCUT2D eigenvalue weighted by atomic mass is 9.85. The van der Waals surface area contributed by atoms with Gasteiger partial charge in [-0.1, -0.05) is 18.2 Å². The topological polar surface area (TPSA) is 136 Å². The second-order valence-corrected chi connectivity index (χ2v) is 12.3. The van der Waals surface area contributed by atoms with Gasteiger partial charge in [-0.05, 0) is 66.3 Å². The molecule has 0 aliphatic carbocycles. The number of hydrogen-bond acceptors (Lipinski definition) is 8. The minimum atomic E-state index is -4.72. The van der Waals surface area contributed by atoms with Crippen molar-refractivity contribution in [2.45, 2.75) is 50.2 Å². The maximum absolute atomic E-state index is 13.9. The monoisotopic (exact) mass is 633 g/mol. The van der Waals surface area contributed by atoms with E-state index in [4.69, 9.17) is 9.47 Å². The molecular formula is C29H30F3N5O6S. The van der Waals surface area contributed by atoms with Gasteiger partial charge in [0.2, 0.25) is 21.7 Å². The van der Waals surface area contributed by atoms with E-state index in [1.165, 1.54) is 34.9 Å². The van der Waals surface area contributed by atoms with Crippen molar-refractivity contribution in [3.05, 3.63) is 82.4 Å². The van der Waals surface area contributed by atoms with Crippen LogP contribution < -0.4 is 4.74 Å². The quantitative estimate of drug-likeness (QED) is 0.329. The molecule has 5 rings (SSSR count). The first kappa shape index (κ1) is 31.3. The average molecular weight is 634 g/mol. The Morgan fingerprint density at radius 3 is 2.66 bits per heavy atom. The SMILES string of the molecule is Cc1ccc([C@H](CC(=O)O)c2ccn3c(C(F)(F)F)nnc3c2C)cc1CN1CCCOCCOc2ncccc2S1(=O)=O. The van der Waals surface area contributed by atoms with Crippen molar-refractivity contribution in [1.29, 1.82) is 0 Å². The molecule has 0 bridgehead atoms. The van der Waals surface area contributed by atoms with Gasteiger partial charge in [-0.3, -0.25) is 9.20 Å². The lowest BCUT2D eigenvalue weighted by molar-refractivity contribution is -0.145. The number of aryl methyl sites for hydroxylation is 2. The number of benzene rings is 1. The number of carbonyl (C=O) groups is 1. The van der Waals surface area contributed by atoms with E-state index in [0.717, 1.165) is 9.96 Å². The Bertz CT molecular complexity index is 1790. The molecule has 4 aromatic rings. The molecule has 1 atom stereocenters. The average Bonchev–Trinajstić information content (AvgIpc) is 3.41. The van der Waals surface area contributed by atoms with E-state index in [1.807, 2.05) is 6.92 Å². The van der Waals surface area contributed by atoms with Gasteiger partial charge in [-0.25, -0.2) is 13.4 Å². The summed E-state index contributed by atoms with van der Waals surface area (Å²) in [7, 11) is -4.07. The van der Waals surface area contributed by atoms with Crippen molar-refractivity contribution in [1.82, 2.24) is 23.9 Å². The summed E-state index contributed by atoms with van der Waals surface area (Å²) in [6.45, 7) is 4.23. The Morgan fingerprint density at radius 1 is 1.11 bits per heavy atom. The summed E-state index contributed by atoms with van der Waals surface area (Å²) in [5.74, 6) is -3.09. The Labute approximate surface area is 251 Å². The fourth-order valence-electron chi connectivity index (χ4n) is 5.26. The summed E-state index contributed by atoms with van der Waals surface area (Å²) in [4.78, 5) is 16.0. The van der Waals surface area contributed by atoms with E-state index in [9.17, 15) is 31.5 Å². The summed E-state index contributed by atoms with van der Waals surface area (Å²) < 4.78 is 81.4. The van der Waals surface area contributed by atoms with Crippen LogP contribution in [0.5, 0.6) is 5.88 Å². The molecular weight excluding hydrogens is 603 g/mol. The third-order valence-corrected chi connectivity index (χ3v) is 9.37. The van der Waals surface area contributed by atoms with Crippen molar-refractivity contribution < 1.29 is 41.0 Å². The van der Waals surface area contributed by atoms with Crippen LogP contribution >= 0.6 is 0 Å². The van der Waals surface area contributed by atoms with Gasteiger partial charge < -0.3 is 14.6 Å². The van der Waals surface area contributed by atoms with Gasteiger partial charge in [0.15, 0.2) is 5.65 Å². The molecule has 0 saturated carbocycles. The Balaban J connectivity index is 1.55. The molecule has 1 aromatic carbocycles. The number of nitrogens with zero attached hydrogens (tertiary/aromatic N) is 5. The number of sulfonamides is 1. The molecule has 3 aromatic heterocycles. The maximum atomic E-state index is 13.9. The molecule has 0 spiro atoms. The van der Waals surface area contributed by atoms with Crippen molar-refractivity contribution in [2.24, 2.45) is 0 Å². The molecule has 11 nitrogen and oxygen atoms in total. The third-order valence-electron chi connectivity index (χ3n) is 7.51. The summed E-state index contributed by atoms with van der Waals surface area (Å²) in [6, 6.07) is 9.65. The van der Waals surface area contributed by atoms with E-state index >= 15 is 0 Å². The fourth-order valence-corrected chi connectivity index (χ4v) is 6.80. The molecule has 1 N–H and O–H groups in total. The molecule has 0 fully saturated rings. The van der Waals surface area contributed by atoms with E-state index in [2.05, 4.69) is 15.2 Å². The Hall–Kier alpha value is -4.08. The van der Waals surface area contributed by atoms with E-state index in [-0.39, 0.29) is 49.1 Å². The van der Waals surface area contributed by atoms with Crippen molar-refractivity contribution in [3.8, 4) is 5.88 Å². The maximum Gasteiger partial charge on any atom is 0.452 e. The third kappa shape index (κ3) is 6.39. The summed E-state index contributed by atoms with van der Waals surface area (Å²) in [6.07, 6.45) is -2.04. The zero-order chi connectivity index (χ0) is 31.6. The number of hydrogen-bond donors (Lipinski definition) is 1. The number of fused-ring (bicyclic) bond motifs is 2. The first-order valence-electron chi connectivity index (χ1n) is 13.8. The number of aliphatic carboxylic acids is 1. The largest absolute Gasteiger partial charge is 0.481 e. The first-order chi connectivity index (χ1) is 20.9. The van der Waals surface area contributed by atoms with Crippen LogP contribution in [0, 0.1) is 13.8 Å². The van der Waals surface area contributed by atoms with Crippen LogP contribution in [0.4, 0.5) is 13.2 Å². The molecule has 0 saturated heterocycles. The van der Waals surface area contributed by atoms with Gasteiger partial charge in [-0.2, -0.15) is 17.5 Å². The van der Waals surface area contributed by atoms with Crippen LogP contribution in [0.25, 0.3) is 5.65 Å². The van der Waals surface area contributed by atoms with Gasteiger partial charge >= 0.3 is 12.1 Å².